The first-order valence-electron chi connectivity index (χ1n) is 12.6. The zero-order valence-corrected chi connectivity index (χ0v) is 21.0. The Morgan fingerprint density at radius 3 is 1.92 bits per heavy atom. The quantitative estimate of drug-likeness (QED) is 0.271. The molecule has 180 valence electrons. The molecule has 0 fully saturated rings. The van der Waals surface area contributed by atoms with Crippen molar-refractivity contribution in [2.45, 2.75) is 19.3 Å². The van der Waals surface area contributed by atoms with Crippen molar-refractivity contribution in [1.29, 1.82) is 0 Å². The minimum Gasteiger partial charge on any atom is -0.423 e. The number of rotatable bonds is 5. The fourth-order valence-corrected chi connectivity index (χ4v) is 5.60. The van der Waals surface area contributed by atoms with Crippen LogP contribution in [-0.2, 0) is 5.41 Å². The molecule has 5 aromatic rings. The van der Waals surface area contributed by atoms with Crippen LogP contribution < -0.4 is 10.4 Å². The van der Waals surface area contributed by atoms with E-state index in [9.17, 15) is 10.0 Å². The summed E-state index contributed by atoms with van der Waals surface area (Å²) in [5.41, 5.74) is 10.4. The van der Waals surface area contributed by atoms with Crippen LogP contribution in [0.25, 0.3) is 22.3 Å². The number of hydrogen-bond donors (Lipinski definition) is 2. The molecule has 0 aliphatic heterocycles. The summed E-state index contributed by atoms with van der Waals surface area (Å²) in [7, 11) is -1.59. The van der Waals surface area contributed by atoms with Crippen LogP contribution in [0, 0.1) is 0 Å². The lowest BCUT2D eigenvalue weighted by Crippen LogP contribution is -2.34. The van der Waals surface area contributed by atoms with Gasteiger partial charge in [0.15, 0.2) is 0 Å². The number of fused-ring (bicyclic) bond motifs is 3. The minimum absolute atomic E-state index is 0.138. The lowest BCUT2D eigenvalue weighted by Gasteiger charge is -2.29. The van der Waals surface area contributed by atoms with Crippen LogP contribution in [0.4, 0.5) is 17.1 Å². The Balaban J connectivity index is 1.52. The normalized spacial score (nSPS) is 13.1. The highest BCUT2D eigenvalue weighted by Gasteiger charge is 2.36. The number of benzene rings is 5. The second-order valence-corrected chi connectivity index (χ2v) is 10.1. The molecule has 1 aliphatic rings. The molecule has 0 saturated carbocycles. The molecule has 0 atom stereocenters. The summed E-state index contributed by atoms with van der Waals surface area (Å²) in [6, 6.07) is 41.4. The summed E-state index contributed by atoms with van der Waals surface area (Å²) < 4.78 is 0. The summed E-state index contributed by atoms with van der Waals surface area (Å²) in [5.74, 6) is 0. The fraction of sp³-hybridized carbons (Fsp3) is 0.0909. The van der Waals surface area contributed by atoms with E-state index in [0.717, 1.165) is 28.2 Å². The van der Waals surface area contributed by atoms with E-state index in [4.69, 9.17) is 0 Å². The van der Waals surface area contributed by atoms with Gasteiger partial charge in [-0.25, -0.2) is 0 Å². The van der Waals surface area contributed by atoms with Gasteiger partial charge in [0.1, 0.15) is 0 Å². The van der Waals surface area contributed by atoms with Crippen molar-refractivity contribution in [2.24, 2.45) is 0 Å². The second-order valence-electron chi connectivity index (χ2n) is 10.1. The molecule has 0 spiro atoms. The van der Waals surface area contributed by atoms with Crippen LogP contribution in [0.5, 0.6) is 0 Å². The van der Waals surface area contributed by atoms with E-state index < -0.39 is 7.12 Å². The average molecular weight is 481 g/mol. The highest BCUT2D eigenvalue weighted by Crippen LogP contribution is 2.50. The topological polar surface area (TPSA) is 43.7 Å². The van der Waals surface area contributed by atoms with Crippen LogP contribution in [0.3, 0.4) is 0 Å². The molecular formula is C33H28BNO2. The molecule has 0 unspecified atom stereocenters. The lowest BCUT2D eigenvalue weighted by atomic mass is 9.78. The van der Waals surface area contributed by atoms with Gasteiger partial charge >= 0.3 is 7.12 Å². The van der Waals surface area contributed by atoms with Gasteiger partial charge in [0.05, 0.1) is 0 Å². The molecule has 0 bridgehead atoms. The van der Waals surface area contributed by atoms with Gasteiger partial charge in [0.2, 0.25) is 0 Å². The van der Waals surface area contributed by atoms with Gasteiger partial charge in [-0.2, -0.15) is 0 Å². The van der Waals surface area contributed by atoms with Crippen molar-refractivity contribution < 1.29 is 10.0 Å². The minimum atomic E-state index is -1.59. The molecule has 0 heterocycles. The van der Waals surface area contributed by atoms with Crippen LogP contribution in [0.2, 0.25) is 0 Å². The SMILES string of the molecule is CC1(C)c2ccccc2-c2ccc(N(c3ccc(-c4ccccc4)cc3)c3ccccc3B(O)O)cc21. The zero-order chi connectivity index (χ0) is 25.6. The molecule has 0 amide bonds. The largest absolute Gasteiger partial charge is 0.490 e. The van der Waals surface area contributed by atoms with Crippen LogP contribution in [-0.4, -0.2) is 17.2 Å². The highest BCUT2D eigenvalue weighted by molar-refractivity contribution is 6.60. The maximum atomic E-state index is 10.2. The van der Waals surface area contributed by atoms with Gasteiger partial charge < -0.3 is 14.9 Å². The van der Waals surface area contributed by atoms with Gasteiger partial charge in [-0.05, 0) is 63.7 Å². The molecule has 37 heavy (non-hydrogen) atoms. The van der Waals surface area contributed by atoms with Gasteiger partial charge in [0.25, 0.3) is 0 Å². The molecule has 6 rings (SSSR count). The Morgan fingerprint density at radius 2 is 1.16 bits per heavy atom. The standard InChI is InChI=1S/C33H28BNO2/c1-33(2)29-13-7-6-12-27(29)28-21-20-26(22-30(28)33)35(32-15-9-8-14-31(32)34(36)37)25-18-16-24(17-19-25)23-10-4-3-5-11-23/h3-22,36-37H,1-2H3. The van der Waals surface area contributed by atoms with Gasteiger partial charge in [-0.3, -0.25) is 0 Å². The molecule has 0 saturated heterocycles. The summed E-state index contributed by atoms with van der Waals surface area (Å²) in [6.45, 7) is 4.54. The molecule has 0 aromatic heterocycles. The van der Waals surface area contributed by atoms with E-state index in [1.807, 2.05) is 36.4 Å². The first-order chi connectivity index (χ1) is 17.9. The number of hydrogen-bond acceptors (Lipinski definition) is 3. The third-order valence-electron chi connectivity index (χ3n) is 7.51. The Bertz CT molecular complexity index is 1580. The van der Waals surface area contributed by atoms with Crippen LogP contribution in [0.15, 0.2) is 121 Å². The van der Waals surface area contributed by atoms with Gasteiger partial charge in [0, 0.05) is 27.9 Å². The maximum Gasteiger partial charge on any atom is 0.490 e. The lowest BCUT2D eigenvalue weighted by molar-refractivity contribution is 0.426. The van der Waals surface area contributed by atoms with Crippen molar-refractivity contribution in [1.82, 2.24) is 0 Å². The predicted molar refractivity (Wildman–Crippen MR) is 154 cm³/mol. The van der Waals surface area contributed by atoms with E-state index in [1.54, 1.807) is 6.07 Å². The Morgan fingerprint density at radius 1 is 0.568 bits per heavy atom. The first-order valence-corrected chi connectivity index (χ1v) is 12.6. The summed E-state index contributed by atoms with van der Waals surface area (Å²) in [6.07, 6.45) is 0. The van der Waals surface area contributed by atoms with Crippen LogP contribution >= 0.6 is 0 Å². The number of para-hydroxylation sites is 1. The van der Waals surface area contributed by atoms with Crippen molar-refractivity contribution in [2.75, 3.05) is 4.90 Å². The molecule has 0 radical (unpaired) electrons. The fourth-order valence-electron chi connectivity index (χ4n) is 5.60. The van der Waals surface area contributed by atoms with E-state index in [1.165, 1.54) is 22.3 Å². The van der Waals surface area contributed by atoms with Gasteiger partial charge in [-0.15, -0.1) is 0 Å². The van der Waals surface area contributed by atoms with E-state index >= 15 is 0 Å². The van der Waals surface area contributed by atoms with Crippen molar-refractivity contribution in [3.63, 3.8) is 0 Å². The van der Waals surface area contributed by atoms with E-state index in [2.05, 4.69) is 97.6 Å². The highest BCUT2D eigenvalue weighted by atomic mass is 16.4. The summed E-state index contributed by atoms with van der Waals surface area (Å²) in [4.78, 5) is 2.11. The van der Waals surface area contributed by atoms with Crippen molar-refractivity contribution in [3.05, 3.63) is 132 Å². The van der Waals surface area contributed by atoms with Crippen molar-refractivity contribution in [3.8, 4) is 22.3 Å². The Kier molecular flexibility index (Phi) is 5.71. The molecule has 2 N–H and O–H groups in total. The molecule has 1 aliphatic carbocycles. The van der Waals surface area contributed by atoms with Gasteiger partial charge in [-0.1, -0.05) is 105 Å². The number of nitrogens with zero attached hydrogens (tertiary/aromatic N) is 1. The van der Waals surface area contributed by atoms with E-state index in [-0.39, 0.29) is 5.41 Å². The summed E-state index contributed by atoms with van der Waals surface area (Å²) >= 11 is 0. The molecule has 3 nitrogen and oxygen atoms in total. The number of anilines is 3. The maximum absolute atomic E-state index is 10.2. The monoisotopic (exact) mass is 481 g/mol. The zero-order valence-electron chi connectivity index (χ0n) is 21.0. The third kappa shape index (κ3) is 3.95. The second kappa shape index (κ2) is 9.08. The summed E-state index contributed by atoms with van der Waals surface area (Å²) in [5, 5.41) is 20.5. The van der Waals surface area contributed by atoms with Crippen LogP contribution in [0.1, 0.15) is 25.0 Å². The Labute approximate surface area is 218 Å². The van der Waals surface area contributed by atoms with Crippen molar-refractivity contribution >= 4 is 29.6 Å². The molecule has 4 heteroatoms. The average Bonchev–Trinajstić information content (AvgIpc) is 3.16. The molecule has 5 aromatic carbocycles. The smallest absolute Gasteiger partial charge is 0.423 e. The third-order valence-corrected chi connectivity index (χ3v) is 7.51. The predicted octanol–water partition coefficient (Wildman–Crippen LogP) is 6.81. The Hall–Kier alpha value is -4.12. The van der Waals surface area contributed by atoms with E-state index in [0.29, 0.717) is 5.46 Å². The first kappa shape index (κ1) is 23.3. The molecular weight excluding hydrogens is 453 g/mol.